The summed E-state index contributed by atoms with van der Waals surface area (Å²) in [5.41, 5.74) is 5.55. The molecule has 0 aromatic heterocycles. The van der Waals surface area contributed by atoms with Crippen LogP contribution in [0.25, 0.3) is 32.3 Å². The maximum Gasteiger partial charge on any atom is -0.00212 e. The summed E-state index contributed by atoms with van der Waals surface area (Å²) in [6.45, 7) is 8.90. The van der Waals surface area contributed by atoms with E-state index in [1.807, 2.05) is 0 Å². The molecule has 0 aliphatic heterocycles. The number of aryl methyl sites for hydroxylation is 4. The van der Waals surface area contributed by atoms with Crippen LogP contribution in [0.1, 0.15) is 22.3 Å². The maximum atomic E-state index is 2.36. The molecule has 98 valence electrons. The van der Waals surface area contributed by atoms with Crippen LogP contribution in [0.3, 0.4) is 0 Å². The van der Waals surface area contributed by atoms with Crippen LogP contribution in [0.4, 0.5) is 0 Å². The van der Waals surface area contributed by atoms with Gasteiger partial charge in [0.05, 0.1) is 0 Å². The molecular formula is C20H18. The van der Waals surface area contributed by atoms with Crippen molar-refractivity contribution in [2.45, 2.75) is 27.7 Å². The van der Waals surface area contributed by atoms with E-state index in [4.69, 9.17) is 0 Å². The third-order valence-corrected chi connectivity index (χ3v) is 4.86. The molecule has 0 fully saturated rings. The van der Waals surface area contributed by atoms with Crippen LogP contribution in [0.5, 0.6) is 0 Å². The number of hydrogen-bond donors (Lipinski definition) is 0. The van der Waals surface area contributed by atoms with Gasteiger partial charge in [0.1, 0.15) is 0 Å². The topological polar surface area (TPSA) is 0 Å². The van der Waals surface area contributed by atoms with E-state index < -0.39 is 0 Å². The smallest absolute Gasteiger partial charge is 0.00212 e. The summed E-state index contributed by atoms with van der Waals surface area (Å²) in [4.78, 5) is 0. The Labute approximate surface area is 119 Å². The first-order chi connectivity index (χ1) is 9.58. The van der Waals surface area contributed by atoms with Gasteiger partial charge in [0.2, 0.25) is 0 Å². The van der Waals surface area contributed by atoms with Gasteiger partial charge in [0.15, 0.2) is 0 Å². The van der Waals surface area contributed by atoms with Gasteiger partial charge in [-0.1, -0.05) is 36.4 Å². The average Bonchev–Trinajstić information content (AvgIpc) is 2.44. The zero-order valence-electron chi connectivity index (χ0n) is 12.5. The minimum atomic E-state index is 1.35. The summed E-state index contributed by atoms with van der Waals surface area (Å²) in [6, 6.07) is 13.8. The first kappa shape index (κ1) is 11.7. The number of hydrogen-bond acceptors (Lipinski definition) is 0. The second kappa shape index (κ2) is 3.73. The molecule has 0 nitrogen and oxygen atoms in total. The molecule has 0 heteroatoms. The second-order valence-corrected chi connectivity index (χ2v) is 6.08. The van der Waals surface area contributed by atoms with E-state index in [1.165, 1.54) is 54.6 Å². The van der Waals surface area contributed by atoms with E-state index in [0.717, 1.165) is 0 Å². The van der Waals surface area contributed by atoms with Gasteiger partial charge >= 0.3 is 0 Å². The lowest BCUT2D eigenvalue weighted by atomic mass is 9.87. The van der Waals surface area contributed by atoms with Crippen molar-refractivity contribution in [1.82, 2.24) is 0 Å². The molecule has 0 saturated carbocycles. The van der Waals surface area contributed by atoms with Crippen LogP contribution in [0.2, 0.25) is 0 Å². The van der Waals surface area contributed by atoms with E-state index in [-0.39, 0.29) is 0 Å². The molecule has 0 aliphatic carbocycles. The van der Waals surface area contributed by atoms with E-state index in [9.17, 15) is 0 Å². The molecule has 4 rings (SSSR count). The molecule has 0 radical (unpaired) electrons. The summed E-state index contributed by atoms with van der Waals surface area (Å²) >= 11 is 0. The van der Waals surface area contributed by atoms with E-state index >= 15 is 0 Å². The Hall–Kier alpha value is -2.08. The fourth-order valence-electron chi connectivity index (χ4n) is 3.54. The Bertz CT molecular complexity index is 969. The van der Waals surface area contributed by atoms with Gasteiger partial charge in [-0.05, 0) is 82.3 Å². The Morgan fingerprint density at radius 3 is 2.00 bits per heavy atom. The van der Waals surface area contributed by atoms with Crippen molar-refractivity contribution in [3.8, 4) is 0 Å². The lowest BCUT2D eigenvalue weighted by molar-refractivity contribution is 1.38. The van der Waals surface area contributed by atoms with Crippen molar-refractivity contribution >= 4 is 32.3 Å². The number of rotatable bonds is 0. The van der Waals surface area contributed by atoms with E-state index in [1.54, 1.807) is 0 Å². The molecule has 20 heavy (non-hydrogen) atoms. The van der Waals surface area contributed by atoms with Crippen LogP contribution in [0.15, 0.2) is 36.4 Å². The van der Waals surface area contributed by atoms with Gasteiger partial charge < -0.3 is 0 Å². The molecule has 4 aromatic rings. The van der Waals surface area contributed by atoms with Crippen molar-refractivity contribution in [3.63, 3.8) is 0 Å². The summed E-state index contributed by atoms with van der Waals surface area (Å²) in [5, 5.41) is 8.46. The lowest BCUT2D eigenvalue weighted by Gasteiger charge is -2.17. The second-order valence-electron chi connectivity index (χ2n) is 6.08. The maximum absolute atomic E-state index is 2.36. The average molecular weight is 258 g/mol. The molecule has 0 saturated heterocycles. The molecule has 0 amide bonds. The van der Waals surface area contributed by atoms with Gasteiger partial charge in [-0.3, -0.25) is 0 Å². The van der Waals surface area contributed by atoms with Crippen LogP contribution in [-0.2, 0) is 0 Å². The van der Waals surface area contributed by atoms with Gasteiger partial charge in [0.25, 0.3) is 0 Å². The first-order valence-corrected chi connectivity index (χ1v) is 7.23. The minimum Gasteiger partial charge on any atom is -0.0581 e. The summed E-state index contributed by atoms with van der Waals surface area (Å²) in [6.07, 6.45) is 0. The molecule has 0 aliphatic rings. The van der Waals surface area contributed by atoms with E-state index in [2.05, 4.69) is 64.1 Å². The quantitative estimate of drug-likeness (QED) is 0.349. The van der Waals surface area contributed by atoms with Crippen LogP contribution in [-0.4, -0.2) is 0 Å². The zero-order valence-corrected chi connectivity index (χ0v) is 12.5. The highest BCUT2D eigenvalue weighted by Crippen LogP contribution is 2.39. The van der Waals surface area contributed by atoms with Crippen molar-refractivity contribution in [3.05, 3.63) is 58.7 Å². The molecule has 0 atom stereocenters. The predicted octanol–water partition coefficient (Wildman–Crippen LogP) is 5.82. The predicted molar refractivity (Wildman–Crippen MR) is 89.1 cm³/mol. The van der Waals surface area contributed by atoms with Crippen molar-refractivity contribution in [2.24, 2.45) is 0 Å². The molecule has 0 N–H and O–H groups in total. The van der Waals surface area contributed by atoms with Gasteiger partial charge in [-0.15, -0.1) is 0 Å². The van der Waals surface area contributed by atoms with Crippen LogP contribution in [0, 0.1) is 27.7 Å². The highest BCUT2D eigenvalue weighted by atomic mass is 14.2. The molecule has 0 heterocycles. The Morgan fingerprint density at radius 1 is 0.550 bits per heavy atom. The van der Waals surface area contributed by atoms with Gasteiger partial charge in [0, 0.05) is 0 Å². The van der Waals surface area contributed by atoms with Gasteiger partial charge in [-0.2, -0.15) is 0 Å². The van der Waals surface area contributed by atoms with Crippen molar-refractivity contribution < 1.29 is 0 Å². The molecule has 0 unspecified atom stereocenters. The zero-order chi connectivity index (χ0) is 14.0. The van der Waals surface area contributed by atoms with Crippen molar-refractivity contribution in [2.75, 3.05) is 0 Å². The van der Waals surface area contributed by atoms with Gasteiger partial charge in [-0.25, -0.2) is 0 Å². The largest absolute Gasteiger partial charge is 0.0581 e. The number of benzene rings is 4. The van der Waals surface area contributed by atoms with Crippen LogP contribution < -0.4 is 0 Å². The fourth-order valence-corrected chi connectivity index (χ4v) is 3.54. The lowest BCUT2D eigenvalue weighted by Crippen LogP contribution is -1.92. The van der Waals surface area contributed by atoms with Crippen LogP contribution >= 0.6 is 0 Å². The summed E-state index contributed by atoms with van der Waals surface area (Å²) < 4.78 is 0. The Kier molecular flexibility index (Phi) is 2.18. The van der Waals surface area contributed by atoms with Crippen molar-refractivity contribution in [1.29, 1.82) is 0 Å². The highest BCUT2D eigenvalue weighted by Gasteiger charge is 2.13. The molecule has 4 aromatic carbocycles. The molecule has 0 bridgehead atoms. The highest BCUT2D eigenvalue weighted by molar-refractivity contribution is 6.25. The third-order valence-electron chi connectivity index (χ3n) is 4.86. The Balaban J connectivity index is 2.47. The summed E-state index contributed by atoms with van der Waals surface area (Å²) in [7, 11) is 0. The van der Waals surface area contributed by atoms with E-state index in [0.29, 0.717) is 0 Å². The monoisotopic (exact) mass is 258 g/mol. The fraction of sp³-hybridized carbons (Fsp3) is 0.200. The molecule has 0 spiro atoms. The normalized spacial score (nSPS) is 12.0. The Morgan fingerprint density at radius 2 is 1.20 bits per heavy atom. The minimum absolute atomic E-state index is 1.35. The SMILES string of the molecule is Cc1cc2c(C)cc3c(C)ccc4ccc(c1C)c2c43. The third kappa shape index (κ3) is 1.31. The molecular weight excluding hydrogens is 240 g/mol. The first-order valence-electron chi connectivity index (χ1n) is 7.23. The standard InChI is InChI=1S/C20H18/c1-11-5-6-15-7-8-16-14(4)12(2)9-18-13(3)10-17(11)19(15)20(16)18/h5-10H,1-4H3. The summed E-state index contributed by atoms with van der Waals surface area (Å²) in [5.74, 6) is 0.